The van der Waals surface area contributed by atoms with Crippen LogP contribution in [0.15, 0.2) is 59.5 Å². The Morgan fingerprint density at radius 1 is 0.967 bits per heavy atom. The molecule has 0 saturated carbocycles. The molecule has 0 aromatic heterocycles. The number of rotatable bonds is 6. The fourth-order valence-electron chi connectivity index (χ4n) is 3.34. The minimum absolute atomic E-state index is 0.0258. The van der Waals surface area contributed by atoms with Crippen LogP contribution in [0.25, 0.3) is 0 Å². The van der Waals surface area contributed by atoms with Gasteiger partial charge in [0.1, 0.15) is 0 Å². The third-order valence-corrected chi connectivity index (χ3v) is 6.91. The summed E-state index contributed by atoms with van der Waals surface area (Å²) in [5.41, 5.74) is 0.592. The number of benzene rings is 2. The highest BCUT2D eigenvalue weighted by molar-refractivity contribution is 7.92. The van der Waals surface area contributed by atoms with Gasteiger partial charge in [-0.05, 0) is 43.2 Å². The first-order chi connectivity index (χ1) is 14.4. The molecule has 1 saturated heterocycles. The van der Waals surface area contributed by atoms with Gasteiger partial charge < -0.3 is 9.64 Å². The van der Waals surface area contributed by atoms with E-state index < -0.39 is 16.0 Å². The maximum atomic E-state index is 12.9. The average molecular weight is 431 g/mol. The normalized spacial score (nSPS) is 14.6. The lowest BCUT2D eigenvalue weighted by atomic mass is 10.2. The predicted octanol–water partition coefficient (Wildman–Crippen LogP) is 3.07. The first kappa shape index (κ1) is 21.8. The van der Waals surface area contributed by atoms with Crippen LogP contribution in [0, 0.1) is 0 Å². The molecular formula is C22H26N2O5S. The van der Waals surface area contributed by atoms with Crippen LogP contribution >= 0.6 is 0 Å². The maximum Gasteiger partial charge on any atom is 0.338 e. The van der Waals surface area contributed by atoms with Crippen molar-refractivity contribution in [2.24, 2.45) is 0 Å². The van der Waals surface area contributed by atoms with E-state index in [1.807, 2.05) is 0 Å². The lowest BCUT2D eigenvalue weighted by molar-refractivity contribution is -0.134. The summed E-state index contributed by atoms with van der Waals surface area (Å²) in [6, 6.07) is 14.3. The van der Waals surface area contributed by atoms with Crippen molar-refractivity contribution in [3.05, 3.63) is 60.2 Å². The molecule has 1 amide bonds. The van der Waals surface area contributed by atoms with Crippen molar-refractivity contribution in [1.82, 2.24) is 4.90 Å². The third kappa shape index (κ3) is 5.18. The Hall–Kier alpha value is -2.87. The fraction of sp³-hybridized carbons (Fsp3) is 0.364. The molecule has 0 atom stereocenters. The third-order valence-electron chi connectivity index (χ3n) is 5.13. The van der Waals surface area contributed by atoms with Crippen LogP contribution in [-0.2, 0) is 19.6 Å². The van der Waals surface area contributed by atoms with Gasteiger partial charge in [-0.2, -0.15) is 0 Å². The number of nitrogens with zero attached hydrogens (tertiary/aromatic N) is 2. The largest absolute Gasteiger partial charge is 0.452 e. The summed E-state index contributed by atoms with van der Waals surface area (Å²) in [5.74, 6) is -0.949. The van der Waals surface area contributed by atoms with E-state index in [9.17, 15) is 18.0 Å². The van der Waals surface area contributed by atoms with E-state index in [1.54, 1.807) is 35.2 Å². The lowest BCUT2D eigenvalue weighted by Gasteiger charge is -2.20. The van der Waals surface area contributed by atoms with Crippen LogP contribution in [0.1, 0.15) is 36.0 Å². The molecule has 1 heterocycles. The molecule has 7 nitrogen and oxygen atoms in total. The van der Waals surface area contributed by atoms with Crippen LogP contribution in [0.3, 0.4) is 0 Å². The molecule has 0 spiro atoms. The van der Waals surface area contributed by atoms with Crippen molar-refractivity contribution in [3.8, 4) is 0 Å². The number of hydrogen-bond donors (Lipinski definition) is 0. The van der Waals surface area contributed by atoms with Gasteiger partial charge in [-0.1, -0.05) is 37.1 Å². The number of esters is 1. The second-order valence-electron chi connectivity index (χ2n) is 7.21. The van der Waals surface area contributed by atoms with Gasteiger partial charge in [0.05, 0.1) is 16.1 Å². The fourth-order valence-corrected chi connectivity index (χ4v) is 4.58. The molecule has 3 rings (SSSR count). The molecule has 1 aliphatic rings. The van der Waals surface area contributed by atoms with Crippen molar-refractivity contribution in [2.45, 2.75) is 30.6 Å². The summed E-state index contributed by atoms with van der Waals surface area (Å²) < 4.78 is 32.2. The Balaban J connectivity index is 1.68. The van der Waals surface area contributed by atoms with Crippen molar-refractivity contribution in [3.63, 3.8) is 0 Å². The summed E-state index contributed by atoms with van der Waals surface area (Å²) in [5, 5.41) is 0. The number of carbonyl (C=O) groups is 2. The van der Waals surface area contributed by atoms with Gasteiger partial charge in [0.2, 0.25) is 0 Å². The molecule has 0 unspecified atom stereocenters. The summed E-state index contributed by atoms with van der Waals surface area (Å²) in [6.45, 7) is 1.01. The molecule has 0 bridgehead atoms. The van der Waals surface area contributed by atoms with Crippen LogP contribution in [-0.4, -0.2) is 51.9 Å². The van der Waals surface area contributed by atoms with E-state index in [1.165, 1.54) is 31.3 Å². The minimum Gasteiger partial charge on any atom is -0.452 e. The Kier molecular flexibility index (Phi) is 7.10. The van der Waals surface area contributed by atoms with Gasteiger partial charge in [0.15, 0.2) is 6.61 Å². The standard InChI is InChI=1S/C22H26N2O5S/c1-23(19-11-5-4-6-12-19)30(27,28)20-13-9-10-18(16-20)22(26)29-17-21(25)24-14-7-2-3-8-15-24/h4-6,9-13,16H,2-3,7-8,14-15,17H2,1H3. The van der Waals surface area contributed by atoms with Crippen molar-refractivity contribution in [2.75, 3.05) is 31.0 Å². The van der Waals surface area contributed by atoms with Crippen LogP contribution in [0.2, 0.25) is 0 Å². The number of sulfonamides is 1. The zero-order valence-electron chi connectivity index (χ0n) is 17.0. The molecule has 1 fully saturated rings. The Morgan fingerprint density at radius 3 is 2.30 bits per heavy atom. The number of ether oxygens (including phenoxy) is 1. The number of amides is 1. The highest BCUT2D eigenvalue weighted by Crippen LogP contribution is 2.22. The summed E-state index contributed by atoms with van der Waals surface area (Å²) in [4.78, 5) is 26.4. The zero-order chi connectivity index (χ0) is 21.6. The average Bonchev–Trinajstić information content (AvgIpc) is 3.07. The second kappa shape index (κ2) is 9.75. The van der Waals surface area contributed by atoms with Gasteiger partial charge in [-0.25, -0.2) is 13.2 Å². The van der Waals surface area contributed by atoms with Crippen molar-refractivity contribution in [1.29, 1.82) is 0 Å². The Morgan fingerprint density at radius 2 is 1.63 bits per heavy atom. The molecule has 0 radical (unpaired) electrons. The highest BCUT2D eigenvalue weighted by atomic mass is 32.2. The molecule has 2 aromatic carbocycles. The number of hydrogen-bond acceptors (Lipinski definition) is 5. The van der Waals surface area contributed by atoms with Gasteiger partial charge >= 0.3 is 5.97 Å². The lowest BCUT2D eigenvalue weighted by Crippen LogP contribution is -2.35. The van der Waals surface area contributed by atoms with Gasteiger partial charge in [-0.3, -0.25) is 9.10 Å². The van der Waals surface area contributed by atoms with Gasteiger partial charge in [0.25, 0.3) is 15.9 Å². The Labute approximate surface area is 177 Å². The number of para-hydroxylation sites is 1. The van der Waals surface area contributed by atoms with Crippen LogP contribution in [0.5, 0.6) is 0 Å². The topological polar surface area (TPSA) is 84.0 Å². The molecule has 160 valence electrons. The first-order valence-corrected chi connectivity index (χ1v) is 11.4. The second-order valence-corrected chi connectivity index (χ2v) is 9.18. The minimum atomic E-state index is -3.85. The van der Waals surface area contributed by atoms with Crippen LogP contribution < -0.4 is 4.31 Å². The predicted molar refractivity (Wildman–Crippen MR) is 114 cm³/mol. The summed E-state index contributed by atoms with van der Waals surface area (Å²) >= 11 is 0. The van der Waals surface area contributed by atoms with Gasteiger partial charge in [0, 0.05) is 20.1 Å². The highest BCUT2D eigenvalue weighted by Gasteiger charge is 2.23. The van der Waals surface area contributed by atoms with E-state index in [0.29, 0.717) is 18.8 Å². The zero-order valence-corrected chi connectivity index (χ0v) is 17.8. The SMILES string of the molecule is CN(c1ccccc1)S(=O)(=O)c1cccc(C(=O)OCC(=O)N2CCCCCC2)c1. The van der Waals surface area contributed by atoms with Crippen molar-refractivity contribution >= 4 is 27.6 Å². The van der Waals surface area contributed by atoms with Crippen molar-refractivity contribution < 1.29 is 22.7 Å². The smallest absolute Gasteiger partial charge is 0.338 e. The number of anilines is 1. The molecule has 8 heteroatoms. The van der Waals surface area contributed by atoms with E-state index in [0.717, 1.165) is 30.0 Å². The molecular weight excluding hydrogens is 404 g/mol. The summed E-state index contributed by atoms with van der Waals surface area (Å²) in [7, 11) is -2.40. The molecule has 0 aliphatic carbocycles. The number of likely N-dealkylation sites (tertiary alicyclic amines) is 1. The van der Waals surface area contributed by atoms with E-state index in [4.69, 9.17) is 4.74 Å². The monoisotopic (exact) mass is 430 g/mol. The van der Waals surface area contributed by atoms with Gasteiger partial charge in [-0.15, -0.1) is 0 Å². The Bertz CT molecular complexity index is 984. The maximum absolute atomic E-state index is 12.9. The first-order valence-electron chi connectivity index (χ1n) is 9.98. The van der Waals surface area contributed by atoms with Crippen LogP contribution in [0.4, 0.5) is 5.69 Å². The molecule has 30 heavy (non-hydrogen) atoms. The number of carbonyl (C=O) groups excluding carboxylic acids is 2. The molecule has 2 aromatic rings. The van der Waals surface area contributed by atoms with E-state index >= 15 is 0 Å². The summed E-state index contributed by atoms with van der Waals surface area (Å²) in [6.07, 6.45) is 4.10. The van der Waals surface area contributed by atoms with E-state index in [-0.39, 0.29) is 23.0 Å². The molecule has 1 aliphatic heterocycles. The quantitative estimate of drug-likeness (QED) is 0.658. The molecule has 0 N–H and O–H groups in total. The van der Waals surface area contributed by atoms with E-state index in [2.05, 4.69) is 0 Å².